The number of rotatable bonds is 9. The number of hydrogen-bond donors (Lipinski definition) is 2. The lowest BCUT2D eigenvalue weighted by atomic mass is 10.1. The molecule has 3 aromatic heterocycles. The van der Waals surface area contributed by atoms with Crippen molar-refractivity contribution in [2.45, 2.75) is 12.8 Å². The molecule has 1 aliphatic rings. The molecule has 0 radical (unpaired) electrons. The third-order valence-electron chi connectivity index (χ3n) is 7.83. The third-order valence-corrected chi connectivity index (χ3v) is 7.83. The minimum absolute atomic E-state index is 0.184. The first-order valence-corrected chi connectivity index (χ1v) is 14.1. The number of anilines is 1. The van der Waals surface area contributed by atoms with E-state index in [-0.39, 0.29) is 23.9 Å². The van der Waals surface area contributed by atoms with Gasteiger partial charge in [-0.3, -0.25) is 19.1 Å². The molecule has 43 heavy (non-hydrogen) atoms. The Morgan fingerprint density at radius 3 is 2.67 bits per heavy atom. The van der Waals surface area contributed by atoms with E-state index in [4.69, 9.17) is 10.5 Å². The smallest absolute Gasteiger partial charge is 0.264 e. The summed E-state index contributed by atoms with van der Waals surface area (Å²) in [6, 6.07) is 17.5. The van der Waals surface area contributed by atoms with E-state index in [1.165, 1.54) is 22.3 Å². The van der Waals surface area contributed by atoms with Crippen LogP contribution in [0.5, 0.6) is 5.88 Å². The number of aromatic amines is 1. The second kappa shape index (κ2) is 12.0. The zero-order chi connectivity index (χ0) is 29.9. The molecule has 6 rings (SSSR count). The van der Waals surface area contributed by atoms with Gasteiger partial charge in [0.15, 0.2) is 6.61 Å². The number of benzene rings is 2. The fourth-order valence-electron chi connectivity index (χ4n) is 5.60. The van der Waals surface area contributed by atoms with Crippen molar-refractivity contribution in [3.05, 3.63) is 94.3 Å². The molecule has 3 N–H and O–H groups in total. The number of H-pyrrole nitrogens is 1. The van der Waals surface area contributed by atoms with Gasteiger partial charge in [-0.05, 0) is 67.4 Å². The summed E-state index contributed by atoms with van der Waals surface area (Å²) in [6.07, 6.45) is 5.48. The molecule has 10 nitrogen and oxygen atoms in total. The Bertz CT molecular complexity index is 1920. The summed E-state index contributed by atoms with van der Waals surface area (Å²) in [7, 11) is 0. The Kier molecular flexibility index (Phi) is 7.77. The lowest BCUT2D eigenvalue weighted by Crippen LogP contribution is -2.47. The Hall–Kier alpha value is -5.21. The van der Waals surface area contributed by atoms with Crippen molar-refractivity contribution in [2.24, 2.45) is 5.73 Å². The molecule has 4 heterocycles. The zero-order valence-electron chi connectivity index (χ0n) is 23.4. The number of hydrogen-bond acceptors (Lipinski definition) is 7. The summed E-state index contributed by atoms with van der Waals surface area (Å²) in [5.74, 6) is -0.829. The first kappa shape index (κ1) is 27.9. The predicted octanol–water partition coefficient (Wildman–Crippen LogP) is 3.50. The van der Waals surface area contributed by atoms with E-state index in [1.54, 1.807) is 30.5 Å². The number of carbonyl (C=O) groups excluding carboxylic acids is 1. The van der Waals surface area contributed by atoms with Gasteiger partial charge < -0.3 is 20.4 Å². The first-order chi connectivity index (χ1) is 20.9. The molecule has 1 fully saturated rings. The second-order valence-corrected chi connectivity index (χ2v) is 10.6. The number of halogens is 1. The van der Waals surface area contributed by atoms with Crippen molar-refractivity contribution in [2.75, 3.05) is 44.2 Å². The number of piperazine rings is 1. The molecule has 1 amide bonds. The highest BCUT2D eigenvalue weighted by atomic mass is 19.1. The van der Waals surface area contributed by atoms with E-state index in [2.05, 4.69) is 20.9 Å². The Morgan fingerprint density at radius 2 is 1.91 bits per heavy atom. The van der Waals surface area contributed by atoms with Gasteiger partial charge in [-0.25, -0.2) is 9.37 Å². The van der Waals surface area contributed by atoms with Crippen LogP contribution in [0.2, 0.25) is 0 Å². The van der Waals surface area contributed by atoms with E-state index in [9.17, 15) is 14.9 Å². The molecule has 0 bridgehead atoms. The molecule has 5 aromatic rings. The van der Waals surface area contributed by atoms with Crippen molar-refractivity contribution in [1.29, 1.82) is 5.26 Å². The van der Waals surface area contributed by atoms with Gasteiger partial charge in [0.2, 0.25) is 5.88 Å². The Balaban J connectivity index is 1.07. The number of nitrogens with one attached hydrogen (secondary N) is 1. The molecular formula is C32H30FN7O3. The normalized spacial score (nSPS) is 13.8. The number of primary amides is 1. The fourth-order valence-corrected chi connectivity index (χ4v) is 5.60. The van der Waals surface area contributed by atoms with E-state index in [0.717, 1.165) is 43.4 Å². The Labute approximate surface area is 246 Å². The monoisotopic (exact) mass is 579 g/mol. The van der Waals surface area contributed by atoms with E-state index >= 15 is 4.39 Å². The van der Waals surface area contributed by atoms with Crippen LogP contribution < -0.4 is 20.9 Å². The largest absolute Gasteiger partial charge is 0.468 e. The molecular weight excluding hydrogens is 549 g/mol. The van der Waals surface area contributed by atoms with Gasteiger partial charge in [0, 0.05) is 61.6 Å². The van der Waals surface area contributed by atoms with Gasteiger partial charge in [-0.2, -0.15) is 5.26 Å². The number of carbonyl (C=O) groups is 1. The topological polar surface area (TPSA) is 133 Å². The minimum Gasteiger partial charge on any atom is -0.468 e. The van der Waals surface area contributed by atoms with Crippen LogP contribution >= 0.6 is 0 Å². The molecule has 1 saturated heterocycles. The molecule has 218 valence electrons. The number of aryl methyl sites for hydroxylation is 1. The summed E-state index contributed by atoms with van der Waals surface area (Å²) in [6.45, 7) is 3.70. The summed E-state index contributed by atoms with van der Waals surface area (Å²) in [5, 5.41) is 10.7. The average molecular weight is 580 g/mol. The van der Waals surface area contributed by atoms with Gasteiger partial charge in [0.05, 0.1) is 33.9 Å². The van der Waals surface area contributed by atoms with Gasteiger partial charge >= 0.3 is 0 Å². The van der Waals surface area contributed by atoms with Crippen molar-refractivity contribution < 1.29 is 13.9 Å². The van der Waals surface area contributed by atoms with E-state index in [1.807, 2.05) is 29.3 Å². The number of aromatic nitrogens is 3. The fraction of sp³-hybridized carbons (Fsp3) is 0.250. The number of ether oxygens (including phenoxy) is 1. The highest BCUT2D eigenvalue weighted by Crippen LogP contribution is 2.25. The van der Waals surface area contributed by atoms with Crippen LogP contribution in [-0.4, -0.2) is 64.7 Å². The SMILES string of the molecule is N#Cc1ccc2[nH]cc(CCCN3CCN(c4ccc(-n5ccc6nc(OCC(N)=O)ccc6c5=O)cc4F)CC3)c2c1. The van der Waals surface area contributed by atoms with Crippen LogP contribution in [0.4, 0.5) is 10.1 Å². The first-order valence-electron chi connectivity index (χ1n) is 14.1. The van der Waals surface area contributed by atoms with Crippen LogP contribution in [0.15, 0.2) is 71.8 Å². The second-order valence-electron chi connectivity index (χ2n) is 10.6. The molecule has 0 unspecified atom stereocenters. The van der Waals surface area contributed by atoms with Crippen LogP contribution in [0.1, 0.15) is 17.5 Å². The molecule has 0 atom stereocenters. The van der Waals surface area contributed by atoms with Crippen LogP contribution in [-0.2, 0) is 11.2 Å². The van der Waals surface area contributed by atoms with Crippen molar-refractivity contribution in [3.63, 3.8) is 0 Å². The number of fused-ring (bicyclic) bond motifs is 2. The standard InChI is InChI=1S/C32H30FN7O3/c33-26-17-23(40-11-9-28-24(32(40)42)5-8-31(37-28)43-20-30(35)41)4-7-29(26)39-14-12-38(13-15-39)10-1-2-22-19-36-27-6-3-21(18-34)16-25(22)27/h3-9,11,16-17,19,36H,1-2,10,12-15,20H2,(H2,35,41). The van der Waals surface area contributed by atoms with Crippen molar-refractivity contribution in [1.82, 2.24) is 19.4 Å². The maximum absolute atomic E-state index is 15.3. The molecule has 11 heteroatoms. The highest BCUT2D eigenvalue weighted by Gasteiger charge is 2.20. The van der Waals surface area contributed by atoms with Crippen LogP contribution in [0, 0.1) is 17.1 Å². The number of nitrogens with zero attached hydrogens (tertiary/aromatic N) is 5. The predicted molar refractivity (Wildman–Crippen MR) is 162 cm³/mol. The van der Waals surface area contributed by atoms with Crippen LogP contribution in [0.3, 0.4) is 0 Å². The molecule has 0 saturated carbocycles. The molecule has 0 aliphatic carbocycles. The summed E-state index contributed by atoms with van der Waals surface area (Å²) in [5.41, 5.74) is 9.01. The van der Waals surface area contributed by atoms with Crippen molar-refractivity contribution >= 4 is 33.4 Å². The number of nitriles is 1. The summed E-state index contributed by atoms with van der Waals surface area (Å²) in [4.78, 5) is 36.1. The Morgan fingerprint density at radius 1 is 1.07 bits per heavy atom. The highest BCUT2D eigenvalue weighted by molar-refractivity contribution is 5.84. The summed E-state index contributed by atoms with van der Waals surface area (Å²) >= 11 is 0. The molecule has 2 aromatic carbocycles. The van der Waals surface area contributed by atoms with E-state index < -0.39 is 5.91 Å². The quantitative estimate of drug-likeness (QED) is 0.273. The van der Waals surface area contributed by atoms with Gasteiger partial charge in [-0.15, -0.1) is 0 Å². The number of pyridine rings is 2. The maximum atomic E-state index is 15.3. The third kappa shape index (κ3) is 5.91. The zero-order valence-corrected chi connectivity index (χ0v) is 23.4. The molecule has 0 spiro atoms. The van der Waals surface area contributed by atoms with Crippen LogP contribution in [0.25, 0.3) is 27.5 Å². The van der Waals surface area contributed by atoms with E-state index in [0.29, 0.717) is 40.9 Å². The van der Waals surface area contributed by atoms with Crippen molar-refractivity contribution in [3.8, 4) is 17.6 Å². The number of nitrogens with two attached hydrogens (primary N) is 1. The minimum atomic E-state index is -0.626. The molecule has 1 aliphatic heterocycles. The average Bonchev–Trinajstić information content (AvgIpc) is 3.42. The summed E-state index contributed by atoms with van der Waals surface area (Å²) < 4.78 is 21.9. The lowest BCUT2D eigenvalue weighted by molar-refractivity contribution is -0.120. The van der Waals surface area contributed by atoms with Gasteiger partial charge in [0.25, 0.3) is 11.5 Å². The lowest BCUT2D eigenvalue weighted by Gasteiger charge is -2.36. The van der Waals surface area contributed by atoms with Gasteiger partial charge in [0.1, 0.15) is 5.82 Å². The maximum Gasteiger partial charge on any atom is 0.264 e. The number of amides is 1. The van der Waals surface area contributed by atoms with Gasteiger partial charge in [-0.1, -0.05) is 0 Å².